The number of aromatic carboxylic acids is 1. The Labute approximate surface area is 156 Å². The number of carbonyl (C=O) groups is 1. The highest BCUT2D eigenvalue weighted by molar-refractivity contribution is 5.88. The summed E-state index contributed by atoms with van der Waals surface area (Å²) in [5, 5.41) is 15.0. The zero-order valence-corrected chi connectivity index (χ0v) is 13.8. The molecule has 2 N–H and O–H groups in total. The third kappa shape index (κ3) is 5.56. The highest BCUT2D eigenvalue weighted by Gasteiger charge is 2.50. The first-order chi connectivity index (χ1) is 13.2. The molecule has 0 atom stereocenters. The Morgan fingerprint density at radius 1 is 0.900 bits per heavy atom. The summed E-state index contributed by atoms with van der Waals surface area (Å²) in [6.07, 6.45) is -20.8. The van der Waals surface area contributed by atoms with Crippen molar-refractivity contribution < 1.29 is 62.6 Å². The summed E-state index contributed by atoms with van der Waals surface area (Å²) >= 11 is 0. The molecule has 0 spiro atoms. The molecule has 0 aromatic carbocycles. The first-order valence-electron chi connectivity index (χ1n) is 6.81. The molecule has 0 saturated carbocycles. The van der Waals surface area contributed by atoms with Gasteiger partial charge in [0.15, 0.2) is 17.1 Å². The second-order valence-corrected chi connectivity index (χ2v) is 5.15. The normalized spacial score (nSPS) is 13.1. The van der Waals surface area contributed by atoms with Crippen molar-refractivity contribution in [1.82, 2.24) is 20.0 Å². The van der Waals surface area contributed by atoms with E-state index in [4.69, 9.17) is 5.11 Å². The SMILES string of the molecule is Cn1nc(C(F)(F)F)c(C(F)(F)F)c1C(=O)O.FC(F)(F)c1cn[nH]c1C(F)(F)F. The Morgan fingerprint density at radius 2 is 1.40 bits per heavy atom. The number of halogens is 12. The summed E-state index contributed by atoms with van der Waals surface area (Å²) in [7, 11) is 0.688. The van der Waals surface area contributed by atoms with Crippen LogP contribution in [0.4, 0.5) is 52.7 Å². The fourth-order valence-corrected chi connectivity index (χ4v) is 1.95. The van der Waals surface area contributed by atoms with Crippen molar-refractivity contribution in [2.45, 2.75) is 24.7 Å². The van der Waals surface area contributed by atoms with Gasteiger partial charge in [-0.1, -0.05) is 0 Å². The Morgan fingerprint density at radius 3 is 1.70 bits per heavy atom. The van der Waals surface area contributed by atoms with Crippen LogP contribution >= 0.6 is 0 Å². The molecular formula is C12H6F12N4O2. The van der Waals surface area contributed by atoms with Crippen LogP contribution in [0.15, 0.2) is 6.20 Å². The number of aryl methyl sites for hydroxylation is 1. The summed E-state index contributed by atoms with van der Waals surface area (Å²) < 4.78 is 145. The molecule has 0 bridgehead atoms. The van der Waals surface area contributed by atoms with Crippen LogP contribution in [0.3, 0.4) is 0 Å². The predicted octanol–water partition coefficient (Wildman–Crippen LogP) is 4.60. The summed E-state index contributed by atoms with van der Waals surface area (Å²) in [4.78, 5) is 10.5. The molecule has 0 saturated heterocycles. The van der Waals surface area contributed by atoms with E-state index in [0.29, 0.717) is 7.05 Å². The summed E-state index contributed by atoms with van der Waals surface area (Å²) in [6, 6.07) is 0. The summed E-state index contributed by atoms with van der Waals surface area (Å²) in [5.41, 5.74) is -9.78. The number of H-pyrrole nitrogens is 1. The summed E-state index contributed by atoms with van der Waals surface area (Å²) in [6.45, 7) is 0. The topological polar surface area (TPSA) is 83.8 Å². The lowest BCUT2D eigenvalue weighted by atomic mass is 10.1. The molecule has 2 heterocycles. The smallest absolute Gasteiger partial charge is 0.435 e. The molecule has 0 amide bonds. The second-order valence-electron chi connectivity index (χ2n) is 5.15. The van der Waals surface area contributed by atoms with Gasteiger partial charge >= 0.3 is 30.7 Å². The third-order valence-electron chi connectivity index (χ3n) is 3.03. The Balaban J connectivity index is 0.000000311. The molecule has 0 fully saturated rings. The number of rotatable bonds is 1. The molecule has 0 unspecified atom stereocenters. The van der Waals surface area contributed by atoms with E-state index >= 15 is 0 Å². The zero-order valence-electron chi connectivity index (χ0n) is 13.8. The fourth-order valence-electron chi connectivity index (χ4n) is 1.95. The Hall–Kier alpha value is -2.95. The van der Waals surface area contributed by atoms with Gasteiger partial charge in [0.25, 0.3) is 0 Å². The highest BCUT2D eigenvalue weighted by Crippen LogP contribution is 2.41. The molecular weight excluding hydrogens is 460 g/mol. The zero-order chi connectivity index (χ0) is 23.9. The van der Waals surface area contributed by atoms with E-state index in [9.17, 15) is 57.5 Å². The van der Waals surface area contributed by atoms with Crippen molar-refractivity contribution in [3.05, 3.63) is 34.4 Å². The lowest BCUT2D eigenvalue weighted by molar-refractivity contribution is -0.164. The number of aromatic nitrogens is 4. The molecule has 18 heteroatoms. The first-order valence-corrected chi connectivity index (χ1v) is 6.81. The van der Waals surface area contributed by atoms with Gasteiger partial charge in [-0.25, -0.2) is 4.79 Å². The van der Waals surface area contributed by atoms with Gasteiger partial charge in [-0.05, 0) is 0 Å². The monoisotopic (exact) mass is 466 g/mol. The first kappa shape index (κ1) is 25.1. The van der Waals surface area contributed by atoms with Crippen LogP contribution in [0, 0.1) is 0 Å². The van der Waals surface area contributed by atoms with E-state index in [0.717, 1.165) is 0 Å². The number of nitrogens with zero attached hydrogens (tertiary/aromatic N) is 3. The largest absolute Gasteiger partial charge is 0.477 e. The molecule has 0 aliphatic rings. The van der Waals surface area contributed by atoms with Gasteiger partial charge in [-0.3, -0.25) is 9.78 Å². The van der Waals surface area contributed by atoms with Crippen LogP contribution < -0.4 is 0 Å². The number of hydrogen-bond donors (Lipinski definition) is 2. The number of alkyl halides is 12. The van der Waals surface area contributed by atoms with Gasteiger partial charge in [-0.15, -0.1) is 0 Å². The maximum atomic E-state index is 12.4. The van der Waals surface area contributed by atoms with E-state index in [2.05, 4.69) is 10.2 Å². The molecule has 0 aliphatic carbocycles. The van der Waals surface area contributed by atoms with Crippen LogP contribution in [-0.4, -0.2) is 31.1 Å². The molecule has 30 heavy (non-hydrogen) atoms. The van der Waals surface area contributed by atoms with Crippen LogP contribution in [0.1, 0.15) is 33.0 Å². The number of carboxylic acids is 1. The highest BCUT2D eigenvalue weighted by atomic mass is 19.4. The van der Waals surface area contributed by atoms with E-state index in [1.807, 2.05) is 0 Å². The fraction of sp³-hybridized carbons (Fsp3) is 0.417. The van der Waals surface area contributed by atoms with Crippen molar-refractivity contribution >= 4 is 5.97 Å². The summed E-state index contributed by atoms with van der Waals surface area (Å²) in [5.74, 6) is -2.14. The minimum absolute atomic E-state index is 0.0357. The number of aromatic amines is 1. The Bertz CT molecular complexity index is 872. The van der Waals surface area contributed by atoms with Crippen molar-refractivity contribution in [2.75, 3.05) is 0 Å². The van der Waals surface area contributed by atoms with Gasteiger partial charge in [0.1, 0.15) is 11.1 Å². The minimum Gasteiger partial charge on any atom is -0.477 e. The van der Waals surface area contributed by atoms with Gasteiger partial charge in [-0.2, -0.15) is 62.9 Å². The van der Waals surface area contributed by atoms with Crippen molar-refractivity contribution in [3.63, 3.8) is 0 Å². The molecule has 0 radical (unpaired) electrons. The quantitative estimate of drug-likeness (QED) is 0.602. The van der Waals surface area contributed by atoms with Crippen LogP contribution in [0.25, 0.3) is 0 Å². The number of hydrogen-bond acceptors (Lipinski definition) is 3. The van der Waals surface area contributed by atoms with Crippen LogP contribution in [0.5, 0.6) is 0 Å². The standard InChI is InChI=1S/C7H4F6N2O2.C5H2F6N2/c1-15-3(5(16)17)2(6(8,9)10)4(14-15)7(11,12)13;6-4(7,8)2-1-12-13-3(2)5(9,10)11/h1H3,(H,16,17);1H,(H,12,13). The van der Waals surface area contributed by atoms with E-state index < -0.39 is 58.9 Å². The molecule has 2 rings (SSSR count). The van der Waals surface area contributed by atoms with Gasteiger partial charge in [0.2, 0.25) is 0 Å². The van der Waals surface area contributed by atoms with Crippen LogP contribution in [0.2, 0.25) is 0 Å². The lowest BCUT2D eigenvalue weighted by Crippen LogP contribution is -2.18. The average Bonchev–Trinajstić information content (AvgIpc) is 3.09. The van der Waals surface area contributed by atoms with E-state index in [1.54, 1.807) is 0 Å². The number of carboxylic acid groups (broad SMARTS) is 1. The van der Waals surface area contributed by atoms with Gasteiger partial charge in [0, 0.05) is 7.05 Å². The molecule has 6 nitrogen and oxygen atoms in total. The molecule has 2 aromatic heterocycles. The number of nitrogens with one attached hydrogen (secondary N) is 1. The maximum Gasteiger partial charge on any atom is 0.435 e. The predicted molar refractivity (Wildman–Crippen MR) is 68.8 cm³/mol. The van der Waals surface area contributed by atoms with Crippen molar-refractivity contribution in [3.8, 4) is 0 Å². The average molecular weight is 466 g/mol. The molecule has 2 aromatic rings. The minimum atomic E-state index is -5.45. The molecule has 0 aliphatic heterocycles. The Kier molecular flexibility index (Phi) is 6.45. The van der Waals surface area contributed by atoms with E-state index in [1.165, 1.54) is 5.10 Å². The van der Waals surface area contributed by atoms with Crippen molar-refractivity contribution in [1.29, 1.82) is 0 Å². The maximum absolute atomic E-state index is 12.4. The lowest BCUT2D eigenvalue weighted by Gasteiger charge is -2.09. The van der Waals surface area contributed by atoms with Gasteiger partial charge in [0.05, 0.1) is 6.20 Å². The third-order valence-corrected chi connectivity index (χ3v) is 3.03. The van der Waals surface area contributed by atoms with Gasteiger partial charge < -0.3 is 5.11 Å². The second kappa shape index (κ2) is 7.71. The van der Waals surface area contributed by atoms with Crippen LogP contribution in [-0.2, 0) is 31.8 Å². The van der Waals surface area contributed by atoms with E-state index in [-0.39, 0.29) is 10.9 Å². The molecule has 170 valence electrons. The van der Waals surface area contributed by atoms with Crippen molar-refractivity contribution in [2.24, 2.45) is 7.05 Å².